The molecule has 2 aliphatic heterocycles. The van der Waals surface area contributed by atoms with E-state index < -0.39 is 11.8 Å². The lowest BCUT2D eigenvalue weighted by Gasteiger charge is -2.36. The van der Waals surface area contributed by atoms with Crippen molar-refractivity contribution < 1.29 is 23.5 Å². The third-order valence-corrected chi connectivity index (χ3v) is 5.34. The molecule has 0 bridgehead atoms. The Hall–Kier alpha value is -3.33. The topological polar surface area (TPSA) is 83.1 Å². The molecule has 2 aromatic carbocycles. The maximum absolute atomic E-state index is 13.9. The number of anilines is 2. The second kappa shape index (κ2) is 9.65. The van der Waals surface area contributed by atoms with Crippen molar-refractivity contribution >= 4 is 23.2 Å². The monoisotopic (exact) mass is 428 g/mol. The van der Waals surface area contributed by atoms with Crippen LogP contribution in [0.1, 0.15) is 6.42 Å². The maximum atomic E-state index is 13.9. The molecule has 8 nitrogen and oxygen atoms in total. The van der Waals surface area contributed by atoms with Crippen molar-refractivity contribution in [2.45, 2.75) is 6.42 Å². The van der Waals surface area contributed by atoms with Gasteiger partial charge in [0.05, 0.1) is 5.69 Å². The Balaban J connectivity index is 1.14. The predicted octanol–water partition coefficient (Wildman–Crippen LogP) is 1.82. The molecule has 1 saturated heterocycles. The first-order valence-corrected chi connectivity index (χ1v) is 10.3. The number of carbonyl (C=O) groups is 2. The van der Waals surface area contributed by atoms with Crippen molar-refractivity contribution in [3.05, 3.63) is 48.3 Å². The molecule has 2 aliphatic rings. The molecule has 0 aliphatic carbocycles. The normalized spacial score (nSPS) is 15.6. The average Bonchev–Trinajstić information content (AvgIpc) is 3.25. The average molecular weight is 428 g/mol. The standard InChI is InChI=1S/C22H25FN4O4/c23-17-4-1-2-5-18(17)27-12-10-26(11-13-27)9-3-8-24-21(28)22(29)25-16-6-7-19-20(14-16)31-15-30-19/h1-2,4-7,14H,3,8-13,15H2,(H,24,28)(H,25,29). The summed E-state index contributed by atoms with van der Waals surface area (Å²) in [5, 5.41) is 5.20. The summed E-state index contributed by atoms with van der Waals surface area (Å²) >= 11 is 0. The zero-order chi connectivity index (χ0) is 21.6. The zero-order valence-electron chi connectivity index (χ0n) is 17.1. The van der Waals surface area contributed by atoms with Crippen LogP contribution in [-0.4, -0.2) is 62.8 Å². The Morgan fingerprint density at radius 3 is 2.55 bits per heavy atom. The summed E-state index contributed by atoms with van der Waals surface area (Å²) in [5.74, 6) is -0.456. The fraction of sp³-hybridized carbons (Fsp3) is 0.364. The number of hydrogen-bond acceptors (Lipinski definition) is 6. The summed E-state index contributed by atoms with van der Waals surface area (Å²) in [5.41, 5.74) is 1.11. The smallest absolute Gasteiger partial charge is 0.313 e. The van der Waals surface area contributed by atoms with Gasteiger partial charge in [0.2, 0.25) is 6.79 Å². The van der Waals surface area contributed by atoms with Gasteiger partial charge in [0.25, 0.3) is 0 Å². The predicted molar refractivity (Wildman–Crippen MR) is 114 cm³/mol. The lowest BCUT2D eigenvalue weighted by molar-refractivity contribution is -0.136. The minimum Gasteiger partial charge on any atom is -0.454 e. The molecule has 9 heteroatoms. The molecule has 0 spiro atoms. The fourth-order valence-corrected chi connectivity index (χ4v) is 3.67. The molecule has 0 radical (unpaired) electrons. The first-order chi connectivity index (χ1) is 15.1. The van der Waals surface area contributed by atoms with Crippen LogP contribution in [0, 0.1) is 5.82 Å². The van der Waals surface area contributed by atoms with Crippen LogP contribution in [0.25, 0.3) is 0 Å². The molecule has 0 unspecified atom stereocenters. The van der Waals surface area contributed by atoms with Crippen molar-refractivity contribution in [2.24, 2.45) is 0 Å². The van der Waals surface area contributed by atoms with Crippen LogP contribution in [0.4, 0.5) is 15.8 Å². The molecule has 2 aromatic rings. The summed E-state index contributed by atoms with van der Waals surface area (Å²) in [7, 11) is 0. The van der Waals surface area contributed by atoms with Gasteiger partial charge in [0.1, 0.15) is 5.82 Å². The summed E-state index contributed by atoms with van der Waals surface area (Å²) in [4.78, 5) is 28.4. The minimum absolute atomic E-state index is 0.144. The molecule has 0 saturated carbocycles. The van der Waals surface area contributed by atoms with Gasteiger partial charge in [-0.1, -0.05) is 12.1 Å². The van der Waals surface area contributed by atoms with Gasteiger partial charge in [0, 0.05) is 44.5 Å². The number of nitrogens with zero attached hydrogens (tertiary/aromatic N) is 2. The van der Waals surface area contributed by atoms with Crippen molar-refractivity contribution in [1.29, 1.82) is 0 Å². The molecule has 2 heterocycles. The Morgan fingerprint density at radius 1 is 0.968 bits per heavy atom. The number of benzene rings is 2. The van der Waals surface area contributed by atoms with Gasteiger partial charge in [-0.05, 0) is 37.2 Å². The highest BCUT2D eigenvalue weighted by atomic mass is 19.1. The van der Waals surface area contributed by atoms with Gasteiger partial charge in [-0.15, -0.1) is 0 Å². The van der Waals surface area contributed by atoms with Crippen LogP contribution >= 0.6 is 0 Å². The van der Waals surface area contributed by atoms with Crippen molar-refractivity contribution in [3.8, 4) is 11.5 Å². The molecule has 164 valence electrons. The van der Waals surface area contributed by atoms with Gasteiger partial charge in [0.15, 0.2) is 11.5 Å². The van der Waals surface area contributed by atoms with Crippen LogP contribution in [0.2, 0.25) is 0 Å². The summed E-state index contributed by atoms with van der Waals surface area (Å²) in [6, 6.07) is 11.8. The number of piperazine rings is 1. The largest absolute Gasteiger partial charge is 0.454 e. The first kappa shape index (κ1) is 20.9. The van der Waals surface area contributed by atoms with Crippen molar-refractivity contribution in [3.63, 3.8) is 0 Å². The van der Waals surface area contributed by atoms with Gasteiger partial charge >= 0.3 is 11.8 Å². The highest BCUT2D eigenvalue weighted by Crippen LogP contribution is 2.34. The molecular weight excluding hydrogens is 403 g/mol. The van der Waals surface area contributed by atoms with E-state index in [1.807, 2.05) is 11.0 Å². The summed E-state index contributed by atoms with van der Waals surface area (Å²) < 4.78 is 24.4. The van der Waals surface area contributed by atoms with Crippen LogP contribution in [0.15, 0.2) is 42.5 Å². The number of amides is 2. The minimum atomic E-state index is -0.725. The lowest BCUT2D eigenvalue weighted by atomic mass is 10.2. The van der Waals surface area contributed by atoms with E-state index in [0.717, 1.165) is 39.1 Å². The molecule has 4 rings (SSSR count). The number of hydrogen-bond donors (Lipinski definition) is 2. The van der Waals surface area contributed by atoms with E-state index in [9.17, 15) is 14.0 Å². The molecule has 2 N–H and O–H groups in total. The van der Waals surface area contributed by atoms with Gasteiger partial charge in [-0.3, -0.25) is 14.5 Å². The van der Waals surface area contributed by atoms with E-state index in [1.165, 1.54) is 6.07 Å². The number of fused-ring (bicyclic) bond motifs is 1. The molecule has 1 fully saturated rings. The van der Waals surface area contributed by atoms with Crippen molar-refractivity contribution in [1.82, 2.24) is 10.2 Å². The zero-order valence-corrected chi connectivity index (χ0v) is 17.1. The number of para-hydroxylation sites is 1. The third kappa shape index (κ3) is 5.24. The van der Waals surface area contributed by atoms with Crippen LogP contribution in [0.3, 0.4) is 0 Å². The Kier molecular flexibility index (Phi) is 6.51. The number of carbonyl (C=O) groups excluding carboxylic acids is 2. The van der Waals surface area contributed by atoms with E-state index in [2.05, 4.69) is 15.5 Å². The number of halogens is 1. The molecule has 0 aromatic heterocycles. The van der Waals surface area contributed by atoms with Crippen LogP contribution < -0.4 is 25.0 Å². The second-order valence-corrected chi connectivity index (χ2v) is 7.41. The summed E-state index contributed by atoms with van der Waals surface area (Å²) in [6.07, 6.45) is 0.725. The van der Waals surface area contributed by atoms with Gasteiger partial charge < -0.3 is 25.0 Å². The number of nitrogens with one attached hydrogen (secondary N) is 2. The fourth-order valence-electron chi connectivity index (χ4n) is 3.67. The molecule has 31 heavy (non-hydrogen) atoms. The van der Waals surface area contributed by atoms with E-state index in [1.54, 1.807) is 30.3 Å². The highest BCUT2D eigenvalue weighted by Gasteiger charge is 2.20. The molecular formula is C22H25FN4O4. The van der Waals surface area contributed by atoms with Crippen LogP contribution in [0.5, 0.6) is 11.5 Å². The van der Waals surface area contributed by atoms with Gasteiger partial charge in [-0.25, -0.2) is 4.39 Å². The van der Waals surface area contributed by atoms with Crippen LogP contribution in [-0.2, 0) is 9.59 Å². The number of ether oxygens (including phenoxy) is 2. The number of rotatable bonds is 6. The maximum Gasteiger partial charge on any atom is 0.313 e. The Bertz CT molecular complexity index is 947. The van der Waals surface area contributed by atoms with E-state index in [-0.39, 0.29) is 12.6 Å². The Labute approximate surface area is 179 Å². The third-order valence-electron chi connectivity index (χ3n) is 5.34. The second-order valence-electron chi connectivity index (χ2n) is 7.41. The Morgan fingerprint density at radius 2 is 1.74 bits per heavy atom. The van der Waals surface area contributed by atoms with Crippen molar-refractivity contribution in [2.75, 3.05) is 56.3 Å². The lowest BCUT2D eigenvalue weighted by Crippen LogP contribution is -2.47. The SMILES string of the molecule is O=C(NCCCN1CCN(c2ccccc2F)CC1)C(=O)Nc1ccc2c(c1)OCO2. The quantitative estimate of drug-likeness (QED) is 0.540. The van der Waals surface area contributed by atoms with E-state index >= 15 is 0 Å². The van der Waals surface area contributed by atoms with E-state index in [4.69, 9.17) is 9.47 Å². The van der Waals surface area contributed by atoms with Gasteiger partial charge in [-0.2, -0.15) is 0 Å². The first-order valence-electron chi connectivity index (χ1n) is 10.3. The molecule has 2 amide bonds. The molecule has 0 atom stereocenters. The summed E-state index contributed by atoms with van der Waals surface area (Å²) in [6.45, 7) is 4.51. The highest BCUT2D eigenvalue weighted by molar-refractivity contribution is 6.39. The van der Waals surface area contributed by atoms with E-state index in [0.29, 0.717) is 29.4 Å².